The van der Waals surface area contributed by atoms with Gasteiger partial charge in [0.15, 0.2) is 0 Å². The molecule has 1 fully saturated rings. The summed E-state index contributed by atoms with van der Waals surface area (Å²) in [6, 6.07) is 15.4. The van der Waals surface area contributed by atoms with Crippen LogP contribution in [0.3, 0.4) is 0 Å². The van der Waals surface area contributed by atoms with Crippen molar-refractivity contribution in [2.24, 2.45) is 5.92 Å². The smallest absolute Gasteiger partial charge is 0.228 e. The van der Waals surface area contributed by atoms with Crippen molar-refractivity contribution in [1.29, 1.82) is 0 Å². The van der Waals surface area contributed by atoms with Crippen LogP contribution in [0.2, 0.25) is 5.02 Å². The molecule has 0 aromatic heterocycles. The van der Waals surface area contributed by atoms with Gasteiger partial charge in [0.25, 0.3) is 0 Å². The van der Waals surface area contributed by atoms with Crippen molar-refractivity contribution in [3.05, 3.63) is 59.1 Å². The van der Waals surface area contributed by atoms with Gasteiger partial charge in [0, 0.05) is 25.7 Å². The standard InChI is InChI=1S/C21H24ClN3O2/c1-15(26)23-20-10-9-18(12-19(20)22)24-21(27)17-8-5-11-25(14-17)13-16-6-3-2-4-7-16/h2-4,6-7,9-10,12,17H,5,8,11,13-14H2,1H3,(H,23,26)(H,24,27)/t17-/m1/s1. The van der Waals surface area contributed by atoms with E-state index in [-0.39, 0.29) is 17.7 Å². The molecule has 3 rings (SSSR count). The lowest BCUT2D eigenvalue weighted by Gasteiger charge is -2.32. The number of carbonyl (C=O) groups excluding carboxylic acids is 2. The predicted octanol–water partition coefficient (Wildman–Crippen LogP) is 4.15. The third-order valence-electron chi connectivity index (χ3n) is 4.67. The highest BCUT2D eigenvalue weighted by Crippen LogP contribution is 2.27. The molecule has 5 nitrogen and oxygen atoms in total. The van der Waals surface area contributed by atoms with Crippen molar-refractivity contribution in [2.75, 3.05) is 23.7 Å². The van der Waals surface area contributed by atoms with Gasteiger partial charge in [-0.05, 0) is 43.1 Å². The highest BCUT2D eigenvalue weighted by molar-refractivity contribution is 6.34. The molecular weight excluding hydrogens is 362 g/mol. The van der Waals surface area contributed by atoms with E-state index in [1.165, 1.54) is 12.5 Å². The Bertz CT molecular complexity index is 810. The van der Waals surface area contributed by atoms with Gasteiger partial charge in [-0.25, -0.2) is 0 Å². The number of likely N-dealkylation sites (tertiary alicyclic amines) is 1. The molecule has 1 heterocycles. The number of hydrogen-bond acceptors (Lipinski definition) is 3. The fourth-order valence-electron chi connectivity index (χ4n) is 3.38. The fraction of sp³-hybridized carbons (Fsp3) is 0.333. The summed E-state index contributed by atoms with van der Waals surface area (Å²) in [6.45, 7) is 4.05. The van der Waals surface area contributed by atoms with Crippen molar-refractivity contribution >= 4 is 34.8 Å². The Morgan fingerprint density at radius 1 is 1.15 bits per heavy atom. The van der Waals surface area contributed by atoms with Crippen molar-refractivity contribution in [3.63, 3.8) is 0 Å². The van der Waals surface area contributed by atoms with Crippen LogP contribution in [0.4, 0.5) is 11.4 Å². The van der Waals surface area contributed by atoms with Gasteiger partial charge in [0.05, 0.1) is 16.6 Å². The first kappa shape index (κ1) is 19.4. The van der Waals surface area contributed by atoms with Crippen LogP contribution in [0.25, 0.3) is 0 Å². The summed E-state index contributed by atoms with van der Waals surface area (Å²) in [5.41, 5.74) is 2.44. The van der Waals surface area contributed by atoms with E-state index in [0.29, 0.717) is 16.4 Å². The largest absolute Gasteiger partial charge is 0.326 e. The van der Waals surface area contributed by atoms with Crippen LogP contribution >= 0.6 is 11.6 Å². The molecule has 142 valence electrons. The topological polar surface area (TPSA) is 61.4 Å². The first-order valence-corrected chi connectivity index (χ1v) is 9.53. The molecule has 2 aromatic rings. The van der Waals surface area contributed by atoms with E-state index in [2.05, 4.69) is 27.7 Å². The lowest BCUT2D eigenvalue weighted by atomic mass is 9.96. The number of hydrogen-bond donors (Lipinski definition) is 2. The summed E-state index contributed by atoms with van der Waals surface area (Å²) in [7, 11) is 0. The Balaban J connectivity index is 1.58. The van der Waals surface area contributed by atoms with E-state index < -0.39 is 0 Å². The molecule has 0 spiro atoms. The Labute approximate surface area is 164 Å². The Morgan fingerprint density at radius 2 is 1.93 bits per heavy atom. The van der Waals surface area contributed by atoms with E-state index in [4.69, 9.17) is 11.6 Å². The molecule has 1 aliphatic heterocycles. The molecule has 2 N–H and O–H groups in total. The molecule has 0 aliphatic carbocycles. The van der Waals surface area contributed by atoms with Gasteiger partial charge in [-0.15, -0.1) is 0 Å². The maximum Gasteiger partial charge on any atom is 0.228 e. The quantitative estimate of drug-likeness (QED) is 0.812. The van der Waals surface area contributed by atoms with E-state index in [1.54, 1.807) is 18.2 Å². The van der Waals surface area contributed by atoms with Crippen LogP contribution < -0.4 is 10.6 Å². The van der Waals surface area contributed by atoms with Crippen molar-refractivity contribution in [1.82, 2.24) is 4.90 Å². The number of carbonyl (C=O) groups is 2. The second-order valence-electron chi connectivity index (χ2n) is 6.92. The van der Waals surface area contributed by atoms with Crippen LogP contribution in [0.1, 0.15) is 25.3 Å². The van der Waals surface area contributed by atoms with Crippen LogP contribution in [0.15, 0.2) is 48.5 Å². The third-order valence-corrected chi connectivity index (χ3v) is 4.99. The number of nitrogens with zero attached hydrogens (tertiary/aromatic N) is 1. The molecule has 0 radical (unpaired) electrons. The van der Waals surface area contributed by atoms with Crippen molar-refractivity contribution in [3.8, 4) is 0 Å². The molecule has 2 aromatic carbocycles. The highest BCUT2D eigenvalue weighted by Gasteiger charge is 2.26. The normalized spacial score (nSPS) is 17.3. The molecule has 27 heavy (non-hydrogen) atoms. The van der Waals surface area contributed by atoms with Gasteiger partial charge in [-0.3, -0.25) is 14.5 Å². The average molecular weight is 386 g/mol. The predicted molar refractivity (Wildman–Crippen MR) is 109 cm³/mol. The first-order chi connectivity index (χ1) is 13.0. The fourth-order valence-corrected chi connectivity index (χ4v) is 3.61. The molecule has 0 bridgehead atoms. The van der Waals surface area contributed by atoms with E-state index >= 15 is 0 Å². The molecule has 0 unspecified atom stereocenters. The monoisotopic (exact) mass is 385 g/mol. The SMILES string of the molecule is CC(=O)Nc1ccc(NC(=O)[C@@H]2CCCN(Cc3ccccc3)C2)cc1Cl. The van der Waals surface area contributed by atoms with Gasteiger partial charge in [-0.2, -0.15) is 0 Å². The van der Waals surface area contributed by atoms with E-state index in [1.807, 2.05) is 18.2 Å². The zero-order valence-corrected chi connectivity index (χ0v) is 16.1. The van der Waals surface area contributed by atoms with Gasteiger partial charge in [0.1, 0.15) is 0 Å². The average Bonchev–Trinajstić information content (AvgIpc) is 2.65. The van der Waals surface area contributed by atoms with Crippen molar-refractivity contribution in [2.45, 2.75) is 26.3 Å². The zero-order valence-electron chi connectivity index (χ0n) is 15.4. The third kappa shape index (κ3) is 5.55. The minimum atomic E-state index is -0.186. The highest BCUT2D eigenvalue weighted by atomic mass is 35.5. The number of rotatable bonds is 5. The first-order valence-electron chi connectivity index (χ1n) is 9.15. The second-order valence-corrected chi connectivity index (χ2v) is 7.33. The molecular formula is C21H24ClN3O2. The van der Waals surface area contributed by atoms with Gasteiger partial charge in [0.2, 0.25) is 11.8 Å². The Hall–Kier alpha value is -2.37. The van der Waals surface area contributed by atoms with E-state index in [0.717, 1.165) is 32.5 Å². The van der Waals surface area contributed by atoms with Crippen LogP contribution in [0, 0.1) is 5.92 Å². The molecule has 1 saturated heterocycles. The number of piperidine rings is 1. The summed E-state index contributed by atoms with van der Waals surface area (Å²) in [5.74, 6) is -0.221. The molecule has 2 amide bonds. The van der Waals surface area contributed by atoms with Gasteiger partial charge < -0.3 is 10.6 Å². The maximum absolute atomic E-state index is 12.7. The van der Waals surface area contributed by atoms with Crippen LogP contribution in [-0.2, 0) is 16.1 Å². The van der Waals surface area contributed by atoms with Crippen LogP contribution in [-0.4, -0.2) is 29.8 Å². The lowest BCUT2D eigenvalue weighted by Crippen LogP contribution is -2.40. The summed E-state index contributed by atoms with van der Waals surface area (Å²) in [6.07, 6.45) is 1.89. The molecule has 0 saturated carbocycles. The lowest BCUT2D eigenvalue weighted by molar-refractivity contribution is -0.121. The summed E-state index contributed by atoms with van der Waals surface area (Å²) >= 11 is 6.18. The van der Waals surface area contributed by atoms with Gasteiger partial charge in [-0.1, -0.05) is 41.9 Å². The molecule has 1 aliphatic rings. The number of amides is 2. The minimum Gasteiger partial charge on any atom is -0.326 e. The number of benzene rings is 2. The second kappa shape index (κ2) is 9.02. The molecule has 6 heteroatoms. The van der Waals surface area contributed by atoms with Gasteiger partial charge >= 0.3 is 0 Å². The minimum absolute atomic E-state index is 0.0103. The molecule has 1 atom stereocenters. The summed E-state index contributed by atoms with van der Waals surface area (Å²) < 4.78 is 0. The summed E-state index contributed by atoms with van der Waals surface area (Å²) in [4.78, 5) is 26.2. The van der Waals surface area contributed by atoms with Crippen LogP contribution in [0.5, 0.6) is 0 Å². The zero-order chi connectivity index (χ0) is 19.2. The Kier molecular flexibility index (Phi) is 6.48. The number of halogens is 1. The number of anilines is 2. The maximum atomic E-state index is 12.7. The Morgan fingerprint density at radius 3 is 2.63 bits per heavy atom. The van der Waals surface area contributed by atoms with E-state index in [9.17, 15) is 9.59 Å². The number of nitrogens with one attached hydrogen (secondary N) is 2. The summed E-state index contributed by atoms with van der Waals surface area (Å²) in [5, 5.41) is 6.01. The van der Waals surface area contributed by atoms with Crippen molar-refractivity contribution < 1.29 is 9.59 Å².